The Balaban J connectivity index is 1.70. The molecule has 1 heterocycles. The second kappa shape index (κ2) is 11.5. The Morgan fingerprint density at radius 3 is 1.84 bits per heavy atom. The molecule has 0 radical (unpaired) electrons. The average molecular weight is 522 g/mol. The van der Waals surface area contributed by atoms with Crippen LogP contribution in [0.5, 0.6) is 5.75 Å². The number of β-amino-alcohol motifs (C(OH)–C–C–N with tert-alkyl or cyclic N) is 1. The van der Waals surface area contributed by atoms with Gasteiger partial charge in [0.2, 0.25) is 0 Å². The van der Waals surface area contributed by atoms with E-state index in [0.29, 0.717) is 6.54 Å². The fraction of sp³-hybridized carbons (Fsp3) is 0.400. The molecule has 4 atom stereocenters. The van der Waals surface area contributed by atoms with Gasteiger partial charge in [0.05, 0.1) is 25.9 Å². The number of rotatable bonds is 8. The fourth-order valence-corrected chi connectivity index (χ4v) is 10.1. The van der Waals surface area contributed by atoms with Gasteiger partial charge in [-0.25, -0.2) is 0 Å². The second-order valence-corrected chi connectivity index (χ2v) is 15.2. The molecule has 3 N–H and O–H groups in total. The predicted octanol–water partition coefficient (Wildman–Crippen LogP) is 2.54. The van der Waals surface area contributed by atoms with E-state index in [9.17, 15) is 15.3 Å². The summed E-state index contributed by atoms with van der Waals surface area (Å²) in [5.41, 5.74) is 1.02. The maximum Gasteiger partial charge on any atom is 0.261 e. The van der Waals surface area contributed by atoms with Gasteiger partial charge in [-0.3, -0.25) is 4.90 Å². The highest BCUT2D eigenvalue weighted by molar-refractivity contribution is 6.99. The Morgan fingerprint density at radius 2 is 1.35 bits per heavy atom. The van der Waals surface area contributed by atoms with Gasteiger partial charge in [-0.1, -0.05) is 93.6 Å². The number of methoxy groups -OCH3 is 1. The minimum Gasteiger partial charge on any atom is -0.497 e. The first kappa shape index (κ1) is 27.5. The maximum atomic E-state index is 11.1. The third kappa shape index (κ3) is 5.67. The molecule has 1 aliphatic heterocycles. The zero-order chi connectivity index (χ0) is 26.6. The summed E-state index contributed by atoms with van der Waals surface area (Å²) in [6, 6.07) is 28.0. The van der Waals surface area contributed by atoms with Gasteiger partial charge in [0.1, 0.15) is 18.0 Å². The van der Waals surface area contributed by atoms with Crippen molar-refractivity contribution in [3.63, 3.8) is 0 Å². The zero-order valence-corrected chi connectivity index (χ0v) is 23.1. The van der Waals surface area contributed by atoms with Crippen molar-refractivity contribution >= 4 is 18.7 Å². The molecular formula is C30H39NO5Si. The average Bonchev–Trinajstić information content (AvgIpc) is 2.90. The summed E-state index contributed by atoms with van der Waals surface area (Å²) in [6.45, 7) is 7.59. The van der Waals surface area contributed by atoms with Crippen LogP contribution in [0.3, 0.4) is 0 Å². The van der Waals surface area contributed by atoms with Crippen LogP contribution in [0.2, 0.25) is 5.04 Å². The van der Waals surface area contributed by atoms with Crippen molar-refractivity contribution in [3.8, 4) is 5.75 Å². The number of piperidine rings is 1. The number of nitrogens with zero attached hydrogens (tertiary/aromatic N) is 1. The molecule has 37 heavy (non-hydrogen) atoms. The molecule has 1 fully saturated rings. The van der Waals surface area contributed by atoms with Gasteiger partial charge in [-0.05, 0) is 33.1 Å². The summed E-state index contributed by atoms with van der Waals surface area (Å²) in [4.78, 5) is 2.02. The highest BCUT2D eigenvalue weighted by Gasteiger charge is 2.51. The normalized spacial score (nSPS) is 23.1. The highest BCUT2D eigenvalue weighted by atomic mass is 28.4. The Hall–Kier alpha value is -2.52. The molecule has 0 saturated carbocycles. The number of benzene rings is 3. The number of ether oxygens (including phenoxy) is 1. The van der Waals surface area contributed by atoms with Crippen molar-refractivity contribution < 1.29 is 24.5 Å². The second-order valence-electron chi connectivity index (χ2n) is 10.9. The lowest BCUT2D eigenvalue weighted by Gasteiger charge is -2.47. The number of hydrogen-bond donors (Lipinski definition) is 3. The van der Waals surface area contributed by atoms with Gasteiger partial charge in [-0.2, -0.15) is 0 Å². The van der Waals surface area contributed by atoms with Crippen molar-refractivity contribution in [2.75, 3.05) is 20.3 Å². The van der Waals surface area contributed by atoms with Crippen LogP contribution in [0, 0.1) is 0 Å². The van der Waals surface area contributed by atoms with E-state index in [2.05, 4.69) is 45.0 Å². The van der Waals surface area contributed by atoms with Crippen LogP contribution in [0.25, 0.3) is 0 Å². The minimum absolute atomic E-state index is 0.214. The molecule has 6 nitrogen and oxygen atoms in total. The lowest BCUT2D eigenvalue weighted by atomic mass is 9.94. The summed E-state index contributed by atoms with van der Waals surface area (Å²) in [7, 11) is -1.20. The van der Waals surface area contributed by atoms with E-state index in [-0.39, 0.29) is 18.2 Å². The van der Waals surface area contributed by atoms with Crippen LogP contribution < -0.4 is 15.1 Å². The largest absolute Gasteiger partial charge is 0.497 e. The third-order valence-electron chi connectivity index (χ3n) is 7.46. The predicted molar refractivity (Wildman–Crippen MR) is 149 cm³/mol. The number of aliphatic hydroxyl groups excluding tert-OH is 3. The molecule has 4 rings (SSSR count). The van der Waals surface area contributed by atoms with E-state index in [1.807, 2.05) is 65.6 Å². The molecule has 0 aromatic heterocycles. The molecule has 3 aromatic carbocycles. The van der Waals surface area contributed by atoms with Crippen molar-refractivity contribution in [2.24, 2.45) is 0 Å². The van der Waals surface area contributed by atoms with Gasteiger partial charge in [0, 0.05) is 13.1 Å². The minimum atomic E-state index is -2.83. The smallest absolute Gasteiger partial charge is 0.261 e. The van der Waals surface area contributed by atoms with Crippen LogP contribution in [-0.4, -0.2) is 73.2 Å². The van der Waals surface area contributed by atoms with Crippen LogP contribution in [0.4, 0.5) is 0 Å². The number of likely N-dealkylation sites (tertiary alicyclic amines) is 1. The molecular weight excluding hydrogens is 482 g/mol. The van der Waals surface area contributed by atoms with Crippen molar-refractivity contribution in [2.45, 2.75) is 56.7 Å². The highest BCUT2D eigenvalue weighted by Crippen LogP contribution is 2.37. The number of aliphatic hydroxyl groups is 3. The quantitative estimate of drug-likeness (QED) is 0.395. The molecule has 1 unspecified atom stereocenters. The standard InChI is InChI=1S/C30H39NO5Si/c1-30(2,3)37(24-11-7-5-8-12-24,25-13-9-6-10-14-25)36-21-26-28(33)29(34)27(32)20-31(26)19-22-15-17-23(35-4)18-16-22/h5-18,26-29,32-34H,19-21H2,1-4H3/t26?,27-,28+,29+/m0/s1. The summed E-state index contributed by atoms with van der Waals surface area (Å²) >= 11 is 0. The van der Waals surface area contributed by atoms with Crippen molar-refractivity contribution in [1.82, 2.24) is 4.90 Å². The summed E-state index contributed by atoms with van der Waals surface area (Å²) in [6.07, 6.45) is -3.43. The van der Waals surface area contributed by atoms with Crippen LogP contribution in [-0.2, 0) is 11.0 Å². The zero-order valence-electron chi connectivity index (χ0n) is 22.1. The Kier molecular flexibility index (Phi) is 8.53. The van der Waals surface area contributed by atoms with Crippen LogP contribution >= 0.6 is 0 Å². The molecule has 198 valence electrons. The van der Waals surface area contributed by atoms with Gasteiger partial charge < -0.3 is 24.5 Å². The van der Waals surface area contributed by atoms with E-state index in [1.54, 1.807) is 7.11 Å². The summed E-state index contributed by atoms with van der Waals surface area (Å²) in [5.74, 6) is 0.768. The van der Waals surface area contributed by atoms with E-state index in [1.165, 1.54) is 0 Å². The van der Waals surface area contributed by atoms with Crippen LogP contribution in [0.1, 0.15) is 26.3 Å². The first-order valence-corrected chi connectivity index (χ1v) is 14.7. The molecule has 7 heteroatoms. The van der Waals surface area contributed by atoms with Crippen molar-refractivity contribution in [1.29, 1.82) is 0 Å². The topological polar surface area (TPSA) is 82.4 Å². The van der Waals surface area contributed by atoms with Gasteiger partial charge >= 0.3 is 0 Å². The lowest BCUT2D eigenvalue weighted by Crippen LogP contribution is -2.69. The molecule has 0 spiro atoms. The van der Waals surface area contributed by atoms with E-state index < -0.39 is 32.7 Å². The molecule has 0 aliphatic carbocycles. The monoisotopic (exact) mass is 521 g/mol. The lowest BCUT2D eigenvalue weighted by molar-refractivity contribution is -0.146. The third-order valence-corrected chi connectivity index (χ3v) is 12.5. The molecule has 1 aliphatic rings. The molecule has 1 saturated heterocycles. The summed E-state index contributed by atoms with van der Waals surface area (Å²) in [5, 5.41) is 34.3. The molecule has 0 bridgehead atoms. The Morgan fingerprint density at radius 1 is 0.811 bits per heavy atom. The Bertz CT molecular complexity index is 1080. The first-order chi connectivity index (χ1) is 17.7. The molecule has 3 aromatic rings. The van der Waals surface area contributed by atoms with E-state index >= 15 is 0 Å². The first-order valence-electron chi connectivity index (χ1n) is 12.8. The van der Waals surface area contributed by atoms with Crippen LogP contribution in [0.15, 0.2) is 84.9 Å². The van der Waals surface area contributed by atoms with E-state index in [4.69, 9.17) is 9.16 Å². The van der Waals surface area contributed by atoms with Crippen molar-refractivity contribution in [3.05, 3.63) is 90.5 Å². The van der Waals surface area contributed by atoms with Gasteiger partial charge in [-0.15, -0.1) is 0 Å². The molecule has 0 amide bonds. The fourth-order valence-electron chi connectivity index (χ4n) is 5.48. The van der Waals surface area contributed by atoms with Gasteiger partial charge in [0.15, 0.2) is 0 Å². The maximum absolute atomic E-state index is 11.1. The number of hydrogen-bond acceptors (Lipinski definition) is 6. The summed E-state index contributed by atoms with van der Waals surface area (Å²) < 4.78 is 12.4. The SMILES string of the molecule is COc1ccc(CN2C[C@H](O)[C@@H](O)[C@H](O)C2CO[Si](c2ccccc2)(c2ccccc2)C(C)(C)C)cc1. The van der Waals surface area contributed by atoms with E-state index in [0.717, 1.165) is 21.7 Å². The Labute approximate surface area is 221 Å². The van der Waals surface area contributed by atoms with Gasteiger partial charge in [0.25, 0.3) is 8.32 Å².